The first kappa shape index (κ1) is 27.8. The summed E-state index contributed by atoms with van der Waals surface area (Å²) < 4.78 is 31.2. The van der Waals surface area contributed by atoms with Gasteiger partial charge >= 0.3 is 0 Å². The van der Waals surface area contributed by atoms with Crippen molar-refractivity contribution in [3.8, 4) is 5.75 Å². The lowest BCUT2D eigenvalue weighted by Gasteiger charge is -2.32. The molecule has 0 bridgehead atoms. The van der Waals surface area contributed by atoms with Crippen LogP contribution in [-0.4, -0.2) is 57.6 Å². The number of rotatable bonds is 11. The number of carbonyl (C=O) groups is 2. The third kappa shape index (κ3) is 7.25. The van der Waals surface area contributed by atoms with Gasteiger partial charge in [0.1, 0.15) is 18.3 Å². The second kappa shape index (κ2) is 12.3. The van der Waals surface area contributed by atoms with Gasteiger partial charge in [0.15, 0.2) is 0 Å². The Morgan fingerprint density at radius 2 is 1.68 bits per heavy atom. The molecule has 0 spiro atoms. The molecule has 186 valence electrons. The smallest absolute Gasteiger partial charge is 0.244 e. The molecule has 2 rings (SSSR count). The summed E-state index contributed by atoms with van der Waals surface area (Å²) in [5.41, 5.74) is 0.750. The van der Waals surface area contributed by atoms with Gasteiger partial charge in [0, 0.05) is 28.7 Å². The van der Waals surface area contributed by atoms with Crippen LogP contribution in [0.4, 0.5) is 5.69 Å². The number of methoxy groups -OCH3 is 1. The number of amides is 2. The number of nitrogens with zero attached hydrogens (tertiary/aromatic N) is 2. The first-order chi connectivity index (χ1) is 16.0. The SMILES string of the molecule is CCCNC(=O)C(C)N(Cc1c(Cl)cccc1Cl)C(=O)CN(c1ccc(OC)cc1)S(C)(=O)=O. The van der Waals surface area contributed by atoms with Gasteiger partial charge in [-0.1, -0.05) is 36.2 Å². The zero-order valence-electron chi connectivity index (χ0n) is 19.5. The van der Waals surface area contributed by atoms with Gasteiger partial charge < -0.3 is 15.0 Å². The van der Waals surface area contributed by atoms with E-state index in [-0.39, 0.29) is 18.1 Å². The first-order valence-corrected chi connectivity index (χ1v) is 13.2. The largest absolute Gasteiger partial charge is 0.497 e. The Kier molecular flexibility index (Phi) is 10.0. The zero-order valence-corrected chi connectivity index (χ0v) is 21.9. The number of benzene rings is 2. The minimum Gasteiger partial charge on any atom is -0.497 e. The molecule has 2 aromatic rings. The molecule has 1 N–H and O–H groups in total. The summed E-state index contributed by atoms with van der Waals surface area (Å²) in [7, 11) is -2.33. The lowest BCUT2D eigenvalue weighted by Crippen LogP contribution is -2.51. The van der Waals surface area contributed by atoms with Gasteiger partial charge in [-0.25, -0.2) is 8.42 Å². The first-order valence-electron chi connectivity index (χ1n) is 10.6. The van der Waals surface area contributed by atoms with E-state index in [9.17, 15) is 18.0 Å². The Morgan fingerprint density at radius 1 is 1.09 bits per heavy atom. The maximum atomic E-state index is 13.5. The molecule has 0 aromatic heterocycles. The van der Waals surface area contributed by atoms with E-state index in [0.29, 0.717) is 27.9 Å². The van der Waals surface area contributed by atoms with Crippen molar-refractivity contribution in [3.05, 3.63) is 58.1 Å². The van der Waals surface area contributed by atoms with Crippen LogP contribution in [0.15, 0.2) is 42.5 Å². The predicted molar refractivity (Wildman–Crippen MR) is 135 cm³/mol. The average Bonchev–Trinajstić information content (AvgIpc) is 2.79. The molecule has 0 saturated heterocycles. The highest BCUT2D eigenvalue weighted by molar-refractivity contribution is 7.92. The van der Waals surface area contributed by atoms with Gasteiger partial charge in [-0.2, -0.15) is 0 Å². The molecule has 34 heavy (non-hydrogen) atoms. The summed E-state index contributed by atoms with van der Waals surface area (Å²) in [4.78, 5) is 27.5. The summed E-state index contributed by atoms with van der Waals surface area (Å²) in [5.74, 6) is -0.412. The third-order valence-electron chi connectivity index (χ3n) is 5.15. The summed E-state index contributed by atoms with van der Waals surface area (Å²) in [6, 6.07) is 10.3. The number of halogens is 2. The van der Waals surface area contributed by atoms with Crippen LogP contribution in [-0.2, 0) is 26.2 Å². The fourth-order valence-corrected chi connectivity index (χ4v) is 4.56. The Hall–Kier alpha value is -2.49. The van der Waals surface area contributed by atoms with E-state index in [1.807, 2.05) is 6.92 Å². The van der Waals surface area contributed by atoms with Gasteiger partial charge in [-0.3, -0.25) is 13.9 Å². The molecule has 0 aliphatic carbocycles. The number of anilines is 1. The summed E-state index contributed by atoms with van der Waals surface area (Å²) in [6.07, 6.45) is 1.74. The lowest BCUT2D eigenvalue weighted by molar-refractivity contribution is -0.139. The van der Waals surface area contributed by atoms with Gasteiger partial charge in [0.05, 0.1) is 19.1 Å². The fraction of sp³-hybridized carbons (Fsp3) is 0.391. The van der Waals surface area contributed by atoms with Gasteiger partial charge in [-0.05, 0) is 49.7 Å². The number of hydrogen-bond donors (Lipinski definition) is 1. The maximum absolute atomic E-state index is 13.5. The van der Waals surface area contributed by atoms with E-state index < -0.39 is 28.5 Å². The number of ether oxygens (including phenoxy) is 1. The number of sulfonamides is 1. The maximum Gasteiger partial charge on any atom is 0.244 e. The molecule has 11 heteroatoms. The van der Waals surface area contributed by atoms with Crippen LogP contribution < -0.4 is 14.4 Å². The summed E-state index contributed by atoms with van der Waals surface area (Å²) in [5, 5.41) is 3.44. The second-order valence-corrected chi connectivity index (χ2v) is 10.4. The Bertz CT molecular complexity index is 1090. The standard InChI is InChI=1S/C23H29Cl2N3O5S/c1-5-13-26-23(30)16(2)27(14-19-20(24)7-6-8-21(19)25)22(29)15-28(34(4,31)32)17-9-11-18(33-3)12-10-17/h6-12,16H,5,13-15H2,1-4H3,(H,26,30). The summed E-state index contributed by atoms with van der Waals surface area (Å²) >= 11 is 12.6. The van der Waals surface area contributed by atoms with Crippen molar-refractivity contribution >= 4 is 50.7 Å². The Labute approximate surface area is 210 Å². The summed E-state index contributed by atoms with van der Waals surface area (Å²) in [6.45, 7) is 3.35. The molecule has 0 fully saturated rings. The zero-order chi connectivity index (χ0) is 25.5. The highest BCUT2D eigenvalue weighted by atomic mass is 35.5. The van der Waals surface area contributed by atoms with Crippen LogP contribution >= 0.6 is 23.2 Å². The normalized spacial score (nSPS) is 12.1. The van der Waals surface area contributed by atoms with Crippen molar-refractivity contribution in [3.63, 3.8) is 0 Å². The number of carbonyl (C=O) groups excluding carboxylic acids is 2. The molecular weight excluding hydrogens is 501 g/mol. The van der Waals surface area contributed by atoms with Crippen molar-refractivity contribution in [2.75, 3.05) is 30.8 Å². The monoisotopic (exact) mass is 529 g/mol. The highest BCUT2D eigenvalue weighted by Gasteiger charge is 2.30. The number of nitrogens with one attached hydrogen (secondary N) is 1. The molecule has 2 aromatic carbocycles. The van der Waals surface area contributed by atoms with E-state index in [1.165, 1.54) is 12.0 Å². The average molecular weight is 530 g/mol. The van der Waals surface area contributed by atoms with Crippen LogP contribution in [0.25, 0.3) is 0 Å². The van der Waals surface area contributed by atoms with Crippen molar-refractivity contribution in [1.82, 2.24) is 10.2 Å². The van der Waals surface area contributed by atoms with Gasteiger partial charge in [0.2, 0.25) is 21.8 Å². The van der Waals surface area contributed by atoms with Gasteiger partial charge in [-0.15, -0.1) is 0 Å². The molecular formula is C23H29Cl2N3O5S. The molecule has 0 radical (unpaired) electrons. The third-order valence-corrected chi connectivity index (χ3v) is 7.00. The minimum atomic E-state index is -3.82. The lowest BCUT2D eigenvalue weighted by atomic mass is 10.1. The molecule has 1 unspecified atom stereocenters. The highest BCUT2D eigenvalue weighted by Crippen LogP contribution is 2.27. The van der Waals surface area contributed by atoms with Crippen LogP contribution in [0, 0.1) is 0 Å². The van der Waals surface area contributed by atoms with Crippen molar-refractivity contribution in [2.45, 2.75) is 32.9 Å². The molecule has 0 aliphatic heterocycles. The van der Waals surface area contributed by atoms with E-state index in [4.69, 9.17) is 27.9 Å². The number of hydrogen-bond acceptors (Lipinski definition) is 5. The molecule has 0 heterocycles. The predicted octanol–water partition coefficient (Wildman–Crippen LogP) is 3.71. The fourth-order valence-electron chi connectivity index (χ4n) is 3.19. The van der Waals surface area contributed by atoms with Gasteiger partial charge in [0.25, 0.3) is 0 Å². The molecule has 2 amide bonds. The second-order valence-electron chi connectivity index (χ2n) is 7.66. The van der Waals surface area contributed by atoms with Crippen LogP contribution in [0.1, 0.15) is 25.8 Å². The van der Waals surface area contributed by atoms with Crippen molar-refractivity contribution in [1.29, 1.82) is 0 Å². The quantitative estimate of drug-likeness (QED) is 0.478. The molecule has 8 nitrogen and oxygen atoms in total. The van der Waals surface area contributed by atoms with Crippen LogP contribution in [0.5, 0.6) is 5.75 Å². The molecule has 1 atom stereocenters. The van der Waals surface area contributed by atoms with E-state index >= 15 is 0 Å². The topological polar surface area (TPSA) is 96.0 Å². The van der Waals surface area contributed by atoms with E-state index in [2.05, 4.69) is 5.32 Å². The van der Waals surface area contributed by atoms with E-state index in [1.54, 1.807) is 49.4 Å². The van der Waals surface area contributed by atoms with Crippen LogP contribution in [0.3, 0.4) is 0 Å². The van der Waals surface area contributed by atoms with E-state index in [0.717, 1.165) is 17.0 Å². The Balaban J connectivity index is 2.42. The van der Waals surface area contributed by atoms with Crippen molar-refractivity contribution < 1.29 is 22.7 Å². The Morgan fingerprint density at radius 3 is 2.18 bits per heavy atom. The minimum absolute atomic E-state index is 0.0712. The van der Waals surface area contributed by atoms with Crippen molar-refractivity contribution in [2.24, 2.45) is 0 Å². The molecule has 0 saturated carbocycles. The van der Waals surface area contributed by atoms with Crippen LogP contribution in [0.2, 0.25) is 10.0 Å². The molecule has 0 aliphatic rings.